The third kappa shape index (κ3) is 15.2. The minimum Gasteiger partial charge on any atom is -0.384 e. The molecule has 1 unspecified atom stereocenters. The molecule has 6 N–H and O–H groups in total. The molecule has 4 rings (SSSR count). The SMILES string of the molecule is C1CCCCC1.CC.CCN=C1C=C(CNC(=O)c2ccc(-c3ccc(N)nc3)cc2)NC(C)N1.COCCNC=O. The topological polar surface area (TPSA) is 143 Å². The number of aliphatic imine (C=N–C) groups is 1. The molecule has 2 aliphatic rings. The monoisotopic (exact) mass is 581 g/mol. The summed E-state index contributed by atoms with van der Waals surface area (Å²) in [5, 5.41) is 11.9. The van der Waals surface area contributed by atoms with Crippen molar-refractivity contribution in [3.05, 3.63) is 59.9 Å². The number of nitrogen functional groups attached to an aromatic ring is 1. The van der Waals surface area contributed by atoms with Gasteiger partial charge in [0.15, 0.2) is 0 Å². The Morgan fingerprint density at radius 1 is 1.05 bits per heavy atom. The Balaban J connectivity index is 0.000000482. The smallest absolute Gasteiger partial charge is 0.251 e. The number of pyridine rings is 1. The number of amides is 2. The van der Waals surface area contributed by atoms with Gasteiger partial charge >= 0.3 is 0 Å². The second-order valence-corrected chi connectivity index (χ2v) is 9.46. The second kappa shape index (κ2) is 22.7. The zero-order valence-corrected chi connectivity index (χ0v) is 26.0. The van der Waals surface area contributed by atoms with E-state index < -0.39 is 0 Å². The molecule has 1 fully saturated rings. The van der Waals surface area contributed by atoms with Crippen LogP contribution in [0.4, 0.5) is 5.82 Å². The minimum absolute atomic E-state index is 0.0694. The molecule has 0 bridgehead atoms. The number of anilines is 1. The fraction of sp³-hybridized carbons (Fsp3) is 0.500. The fourth-order valence-corrected chi connectivity index (χ4v) is 4.10. The van der Waals surface area contributed by atoms with Crippen LogP contribution in [0, 0.1) is 0 Å². The minimum atomic E-state index is -0.125. The molecule has 0 saturated heterocycles. The van der Waals surface area contributed by atoms with Gasteiger partial charge in [-0.25, -0.2) is 4.98 Å². The molecule has 232 valence electrons. The van der Waals surface area contributed by atoms with Crippen LogP contribution >= 0.6 is 0 Å². The quantitative estimate of drug-likeness (QED) is 0.214. The van der Waals surface area contributed by atoms with Crippen LogP contribution in [0.25, 0.3) is 11.1 Å². The zero-order chi connectivity index (χ0) is 31.0. The Hall–Kier alpha value is -3.92. The summed E-state index contributed by atoms with van der Waals surface area (Å²) in [4.78, 5) is 30.4. The van der Waals surface area contributed by atoms with Crippen LogP contribution in [0.1, 0.15) is 76.6 Å². The van der Waals surface area contributed by atoms with E-state index in [1.165, 1.54) is 38.5 Å². The van der Waals surface area contributed by atoms with Gasteiger partial charge in [0.05, 0.1) is 19.3 Å². The van der Waals surface area contributed by atoms with Crippen LogP contribution in [0.15, 0.2) is 59.4 Å². The van der Waals surface area contributed by atoms with Gasteiger partial charge in [-0.1, -0.05) is 64.5 Å². The summed E-state index contributed by atoms with van der Waals surface area (Å²) >= 11 is 0. The lowest BCUT2D eigenvalue weighted by Crippen LogP contribution is -2.48. The second-order valence-electron chi connectivity index (χ2n) is 9.46. The maximum Gasteiger partial charge on any atom is 0.251 e. The third-order valence-electron chi connectivity index (χ3n) is 6.15. The van der Waals surface area contributed by atoms with Crippen molar-refractivity contribution in [1.82, 2.24) is 26.3 Å². The number of amidine groups is 1. The van der Waals surface area contributed by atoms with E-state index in [0.29, 0.717) is 44.0 Å². The number of nitrogens with zero attached hydrogens (tertiary/aromatic N) is 2. The van der Waals surface area contributed by atoms with Crippen molar-refractivity contribution in [1.29, 1.82) is 0 Å². The van der Waals surface area contributed by atoms with Crippen LogP contribution in [0.3, 0.4) is 0 Å². The Kier molecular flexibility index (Phi) is 19.5. The van der Waals surface area contributed by atoms with Crippen molar-refractivity contribution in [3.63, 3.8) is 0 Å². The molecule has 0 spiro atoms. The fourth-order valence-electron chi connectivity index (χ4n) is 4.10. The summed E-state index contributed by atoms with van der Waals surface area (Å²) in [7, 11) is 1.59. The van der Waals surface area contributed by atoms with E-state index in [1.807, 2.05) is 52.0 Å². The average molecular weight is 582 g/mol. The van der Waals surface area contributed by atoms with E-state index in [1.54, 1.807) is 31.5 Å². The van der Waals surface area contributed by atoms with Gasteiger partial charge in [-0.2, -0.15) is 0 Å². The molecule has 1 atom stereocenters. The molecule has 1 aromatic heterocycles. The highest BCUT2D eigenvalue weighted by Crippen LogP contribution is 2.19. The maximum absolute atomic E-state index is 12.4. The molecular weight excluding hydrogens is 530 g/mol. The van der Waals surface area contributed by atoms with Crippen molar-refractivity contribution in [2.24, 2.45) is 4.99 Å². The van der Waals surface area contributed by atoms with Gasteiger partial charge in [0.25, 0.3) is 5.91 Å². The molecule has 0 radical (unpaired) electrons. The standard InChI is InChI=1S/C20H24N6O.C6H12.C4H9NO2.C2H6/c1-3-22-19-10-17(25-13(2)26-19)12-24-20(27)15-6-4-14(5-7-15)16-8-9-18(21)23-11-16;1-2-4-6-5-3-1;1-7-3-2-5-4-6;1-2/h4-11,13,25H,3,12H2,1-2H3,(H2,21,23)(H,22,26)(H,24,27);1-6H2;4H,2-3H2,1H3,(H,5,6);1-2H3. The van der Waals surface area contributed by atoms with E-state index in [0.717, 1.165) is 22.7 Å². The molecule has 1 saturated carbocycles. The molecular formula is C32H51N7O3. The van der Waals surface area contributed by atoms with E-state index in [-0.39, 0.29) is 12.1 Å². The number of ether oxygens (including phenoxy) is 1. The molecule has 42 heavy (non-hydrogen) atoms. The molecule has 1 aliphatic heterocycles. The molecule has 1 aliphatic carbocycles. The first-order chi connectivity index (χ1) is 20.5. The number of nitrogens with one attached hydrogen (secondary N) is 4. The Labute approximate surface area is 252 Å². The van der Waals surface area contributed by atoms with Crippen molar-refractivity contribution in [2.45, 2.75) is 72.4 Å². The largest absolute Gasteiger partial charge is 0.384 e. The maximum atomic E-state index is 12.4. The first kappa shape index (κ1) is 36.1. The Morgan fingerprint density at radius 3 is 2.19 bits per heavy atom. The van der Waals surface area contributed by atoms with Crippen molar-refractivity contribution >= 4 is 24.0 Å². The number of hydrogen-bond donors (Lipinski definition) is 5. The highest BCUT2D eigenvalue weighted by atomic mass is 16.5. The van der Waals surface area contributed by atoms with Crippen LogP contribution in [0.2, 0.25) is 0 Å². The number of methoxy groups -OCH3 is 1. The van der Waals surface area contributed by atoms with Gasteiger partial charge in [-0.3, -0.25) is 14.6 Å². The van der Waals surface area contributed by atoms with Crippen molar-refractivity contribution in [2.75, 3.05) is 39.1 Å². The third-order valence-corrected chi connectivity index (χ3v) is 6.15. The summed E-state index contributed by atoms with van der Waals surface area (Å²) in [6.45, 7) is 10.3. The number of carbonyl (C=O) groups excluding carboxylic acids is 2. The van der Waals surface area contributed by atoms with E-state index in [2.05, 4.69) is 36.0 Å². The summed E-state index contributed by atoms with van der Waals surface area (Å²) in [6.07, 6.45) is 13.4. The molecule has 10 nitrogen and oxygen atoms in total. The first-order valence-electron chi connectivity index (χ1n) is 15.0. The molecule has 2 heterocycles. The lowest BCUT2D eigenvalue weighted by atomic mass is 10.0. The molecule has 1 aromatic carbocycles. The predicted octanol–water partition coefficient (Wildman–Crippen LogP) is 4.65. The van der Waals surface area contributed by atoms with Crippen LogP contribution < -0.4 is 27.0 Å². The van der Waals surface area contributed by atoms with Crippen molar-refractivity contribution in [3.8, 4) is 11.1 Å². The van der Waals surface area contributed by atoms with Crippen LogP contribution in [0.5, 0.6) is 0 Å². The average Bonchev–Trinajstić information content (AvgIpc) is 3.03. The normalized spacial score (nSPS) is 16.3. The summed E-state index contributed by atoms with van der Waals surface area (Å²) in [6, 6.07) is 11.1. The highest BCUT2D eigenvalue weighted by Gasteiger charge is 2.14. The molecule has 2 aromatic rings. The lowest BCUT2D eigenvalue weighted by molar-refractivity contribution is -0.109. The Bertz CT molecular complexity index is 1060. The van der Waals surface area contributed by atoms with Gasteiger partial charge < -0.3 is 31.7 Å². The molecule has 10 heteroatoms. The number of aromatic nitrogens is 1. The van der Waals surface area contributed by atoms with E-state index >= 15 is 0 Å². The zero-order valence-electron chi connectivity index (χ0n) is 26.0. The van der Waals surface area contributed by atoms with Crippen LogP contribution in [-0.2, 0) is 9.53 Å². The van der Waals surface area contributed by atoms with Gasteiger partial charge in [-0.05, 0) is 43.7 Å². The summed E-state index contributed by atoms with van der Waals surface area (Å²) < 4.78 is 4.62. The van der Waals surface area contributed by atoms with Gasteiger partial charge in [0.2, 0.25) is 6.41 Å². The van der Waals surface area contributed by atoms with E-state index in [9.17, 15) is 9.59 Å². The summed E-state index contributed by atoms with van der Waals surface area (Å²) in [5.41, 5.74) is 9.08. The Morgan fingerprint density at radius 2 is 1.67 bits per heavy atom. The first-order valence-corrected chi connectivity index (χ1v) is 15.0. The van der Waals surface area contributed by atoms with Gasteiger partial charge in [-0.15, -0.1) is 0 Å². The van der Waals surface area contributed by atoms with Gasteiger partial charge in [0.1, 0.15) is 11.7 Å². The van der Waals surface area contributed by atoms with E-state index in [4.69, 9.17) is 5.73 Å². The van der Waals surface area contributed by atoms with Gasteiger partial charge in [0, 0.05) is 49.3 Å². The number of carbonyl (C=O) groups is 2. The molecule has 2 amide bonds. The number of benzene rings is 1. The highest BCUT2D eigenvalue weighted by molar-refractivity contribution is 5.96. The number of nitrogens with two attached hydrogens (primary N) is 1. The number of hydrogen-bond acceptors (Lipinski definition) is 7. The van der Waals surface area contributed by atoms with Crippen molar-refractivity contribution < 1.29 is 14.3 Å². The summed E-state index contributed by atoms with van der Waals surface area (Å²) in [5.74, 6) is 1.19. The van der Waals surface area contributed by atoms with Crippen LogP contribution in [-0.4, -0.2) is 62.7 Å². The number of rotatable bonds is 9. The lowest BCUT2D eigenvalue weighted by Gasteiger charge is -2.25. The predicted molar refractivity (Wildman–Crippen MR) is 173 cm³/mol.